The molecule has 0 radical (unpaired) electrons. The van der Waals surface area contributed by atoms with Gasteiger partial charge in [0.05, 0.1) is 28.8 Å². The first-order valence-corrected chi connectivity index (χ1v) is 11.9. The molecule has 1 aliphatic heterocycles. The number of hydrogen-bond acceptors (Lipinski definition) is 4. The number of hydrogen-bond donors (Lipinski definition) is 1. The van der Waals surface area contributed by atoms with Crippen LogP contribution in [0.2, 0.25) is 5.02 Å². The number of carbonyl (C=O) groups is 2. The van der Waals surface area contributed by atoms with Crippen LogP contribution >= 0.6 is 11.6 Å². The average molecular weight is 457 g/mol. The van der Waals surface area contributed by atoms with Crippen LogP contribution in [-0.4, -0.2) is 31.6 Å². The summed E-state index contributed by atoms with van der Waals surface area (Å²) in [6.07, 6.45) is 5.20. The molecular weight excluding hydrogens is 424 g/mol. The van der Waals surface area contributed by atoms with Crippen molar-refractivity contribution in [2.45, 2.75) is 57.8 Å². The SMILES string of the molecule is CCCC(c1cccc(Cl)c1N1CCCCC1)C(C(N)=O)c1ccc(C(=O)OCC)cc1. The molecule has 172 valence electrons. The number of esters is 1. The maximum absolute atomic E-state index is 12.8. The Labute approximate surface area is 195 Å². The zero-order valence-corrected chi connectivity index (χ0v) is 19.7. The van der Waals surface area contributed by atoms with E-state index in [0.717, 1.165) is 55.6 Å². The Balaban J connectivity index is 2.03. The Morgan fingerprint density at radius 3 is 2.34 bits per heavy atom. The third kappa shape index (κ3) is 5.44. The number of amides is 1. The molecule has 0 spiro atoms. The van der Waals surface area contributed by atoms with Crippen molar-refractivity contribution in [3.8, 4) is 0 Å². The molecular formula is C26H33ClN2O3. The number of carbonyl (C=O) groups excluding carboxylic acids is 2. The highest BCUT2D eigenvalue weighted by Crippen LogP contribution is 2.44. The third-order valence-electron chi connectivity index (χ3n) is 6.18. The van der Waals surface area contributed by atoms with E-state index in [9.17, 15) is 9.59 Å². The van der Waals surface area contributed by atoms with Crippen LogP contribution in [0.25, 0.3) is 0 Å². The number of halogens is 1. The fourth-order valence-electron chi connectivity index (χ4n) is 4.73. The van der Waals surface area contributed by atoms with E-state index in [4.69, 9.17) is 22.1 Å². The van der Waals surface area contributed by atoms with Crippen molar-refractivity contribution in [2.24, 2.45) is 5.73 Å². The molecule has 6 heteroatoms. The lowest BCUT2D eigenvalue weighted by atomic mass is 9.77. The summed E-state index contributed by atoms with van der Waals surface area (Å²) in [6, 6.07) is 13.0. The topological polar surface area (TPSA) is 72.6 Å². The number of anilines is 1. The van der Waals surface area contributed by atoms with Gasteiger partial charge < -0.3 is 15.4 Å². The Kier molecular flexibility index (Phi) is 8.57. The first kappa shape index (κ1) is 24.1. The van der Waals surface area contributed by atoms with Crippen LogP contribution in [0.15, 0.2) is 42.5 Å². The van der Waals surface area contributed by atoms with Gasteiger partial charge in [0.2, 0.25) is 5.91 Å². The van der Waals surface area contributed by atoms with Gasteiger partial charge in [-0.2, -0.15) is 0 Å². The van der Waals surface area contributed by atoms with Crippen molar-refractivity contribution >= 4 is 29.2 Å². The van der Waals surface area contributed by atoms with E-state index in [1.165, 1.54) is 6.42 Å². The zero-order valence-electron chi connectivity index (χ0n) is 19.0. The van der Waals surface area contributed by atoms with Gasteiger partial charge in [-0.3, -0.25) is 4.79 Å². The summed E-state index contributed by atoms with van der Waals surface area (Å²) < 4.78 is 5.08. The van der Waals surface area contributed by atoms with E-state index in [0.29, 0.717) is 17.2 Å². The molecule has 0 aromatic heterocycles. The minimum absolute atomic E-state index is 0.110. The van der Waals surface area contributed by atoms with Gasteiger partial charge in [0.15, 0.2) is 0 Å². The first-order chi connectivity index (χ1) is 15.5. The quantitative estimate of drug-likeness (QED) is 0.494. The fraction of sp³-hybridized carbons (Fsp3) is 0.462. The molecule has 0 bridgehead atoms. The van der Waals surface area contributed by atoms with Crippen molar-refractivity contribution in [3.63, 3.8) is 0 Å². The number of nitrogens with zero attached hydrogens (tertiary/aromatic N) is 1. The van der Waals surface area contributed by atoms with Crippen molar-refractivity contribution < 1.29 is 14.3 Å². The standard InChI is InChI=1S/C26H33ClN2O3/c1-3-9-20(21-10-8-11-22(27)24(21)29-16-6-5-7-17-29)23(25(28)30)18-12-14-19(15-13-18)26(31)32-4-2/h8,10-15,20,23H,3-7,9,16-17H2,1-2H3,(H2,28,30). The lowest BCUT2D eigenvalue weighted by molar-refractivity contribution is -0.120. The van der Waals surface area contributed by atoms with E-state index in [1.54, 1.807) is 19.1 Å². The van der Waals surface area contributed by atoms with Crippen molar-refractivity contribution in [2.75, 3.05) is 24.6 Å². The molecule has 0 saturated carbocycles. The molecule has 2 aromatic rings. The molecule has 32 heavy (non-hydrogen) atoms. The lowest BCUT2D eigenvalue weighted by Gasteiger charge is -2.35. The molecule has 3 rings (SSSR count). The number of piperidine rings is 1. The molecule has 2 atom stereocenters. The summed E-state index contributed by atoms with van der Waals surface area (Å²) in [5.74, 6) is -1.38. The summed E-state index contributed by atoms with van der Waals surface area (Å²) >= 11 is 6.71. The highest BCUT2D eigenvalue weighted by Gasteiger charge is 2.32. The molecule has 1 saturated heterocycles. The van der Waals surface area contributed by atoms with Gasteiger partial charge in [-0.15, -0.1) is 0 Å². The summed E-state index contributed by atoms with van der Waals surface area (Å²) in [5, 5.41) is 0.714. The molecule has 1 heterocycles. The molecule has 2 aromatic carbocycles. The number of rotatable bonds is 9. The molecule has 1 aliphatic rings. The van der Waals surface area contributed by atoms with Crippen LogP contribution in [0.4, 0.5) is 5.69 Å². The van der Waals surface area contributed by atoms with E-state index in [-0.39, 0.29) is 17.8 Å². The molecule has 2 unspecified atom stereocenters. The highest BCUT2D eigenvalue weighted by atomic mass is 35.5. The Morgan fingerprint density at radius 2 is 1.75 bits per heavy atom. The van der Waals surface area contributed by atoms with Gasteiger partial charge in [0.1, 0.15) is 0 Å². The number of ether oxygens (including phenoxy) is 1. The summed E-state index contributed by atoms with van der Waals surface area (Å²) in [4.78, 5) is 27.2. The number of nitrogens with two attached hydrogens (primary N) is 1. The second kappa shape index (κ2) is 11.4. The third-order valence-corrected chi connectivity index (χ3v) is 6.48. The van der Waals surface area contributed by atoms with Crippen LogP contribution in [0.3, 0.4) is 0 Å². The Hall–Kier alpha value is -2.53. The fourth-order valence-corrected chi connectivity index (χ4v) is 5.03. The van der Waals surface area contributed by atoms with Gasteiger partial charge in [-0.25, -0.2) is 4.79 Å². The van der Waals surface area contributed by atoms with Crippen LogP contribution in [0.5, 0.6) is 0 Å². The number of para-hydroxylation sites is 1. The van der Waals surface area contributed by atoms with E-state index >= 15 is 0 Å². The minimum atomic E-state index is -0.520. The molecule has 0 aliphatic carbocycles. The lowest BCUT2D eigenvalue weighted by Crippen LogP contribution is -2.32. The van der Waals surface area contributed by atoms with Crippen molar-refractivity contribution in [3.05, 3.63) is 64.2 Å². The normalized spacial score (nSPS) is 15.8. The number of benzene rings is 2. The molecule has 2 N–H and O–H groups in total. The summed E-state index contributed by atoms with van der Waals surface area (Å²) in [6.45, 7) is 6.13. The zero-order chi connectivity index (χ0) is 23.1. The smallest absolute Gasteiger partial charge is 0.338 e. The average Bonchev–Trinajstić information content (AvgIpc) is 2.79. The summed E-state index contributed by atoms with van der Waals surface area (Å²) in [7, 11) is 0. The van der Waals surface area contributed by atoms with Gasteiger partial charge >= 0.3 is 5.97 Å². The highest BCUT2D eigenvalue weighted by molar-refractivity contribution is 6.33. The Morgan fingerprint density at radius 1 is 1.06 bits per heavy atom. The van der Waals surface area contributed by atoms with Crippen LogP contribution < -0.4 is 10.6 Å². The van der Waals surface area contributed by atoms with E-state index < -0.39 is 5.92 Å². The van der Waals surface area contributed by atoms with Crippen molar-refractivity contribution in [1.82, 2.24) is 0 Å². The predicted molar refractivity (Wildman–Crippen MR) is 129 cm³/mol. The molecule has 5 nitrogen and oxygen atoms in total. The largest absolute Gasteiger partial charge is 0.462 e. The number of primary amides is 1. The monoisotopic (exact) mass is 456 g/mol. The maximum atomic E-state index is 12.8. The maximum Gasteiger partial charge on any atom is 0.338 e. The second-order valence-corrected chi connectivity index (χ2v) is 8.75. The van der Waals surface area contributed by atoms with Gasteiger partial charge in [0.25, 0.3) is 0 Å². The molecule has 1 fully saturated rings. The second-order valence-electron chi connectivity index (χ2n) is 8.34. The van der Waals surface area contributed by atoms with E-state index in [2.05, 4.69) is 17.9 Å². The summed E-state index contributed by atoms with van der Waals surface area (Å²) in [5.41, 5.74) is 9.33. The predicted octanol–water partition coefficient (Wildman–Crippen LogP) is 5.66. The van der Waals surface area contributed by atoms with Crippen LogP contribution in [0.1, 0.15) is 79.3 Å². The van der Waals surface area contributed by atoms with Crippen LogP contribution in [0, 0.1) is 0 Å². The van der Waals surface area contributed by atoms with Gasteiger partial charge in [-0.05, 0) is 61.9 Å². The van der Waals surface area contributed by atoms with Crippen molar-refractivity contribution in [1.29, 1.82) is 0 Å². The van der Waals surface area contributed by atoms with E-state index in [1.807, 2.05) is 24.3 Å². The van der Waals surface area contributed by atoms with Crippen LogP contribution in [-0.2, 0) is 9.53 Å². The van der Waals surface area contributed by atoms with Gasteiger partial charge in [0, 0.05) is 19.0 Å². The minimum Gasteiger partial charge on any atom is -0.462 e. The molecule has 1 amide bonds. The first-order valence-electron chi connectivity index (χ1n) is 11.6. The Bertz CT molecular complexity index is 923. The van der Waals surface area contributed by atoms with Gasteiger partial charge in [-0.1, -0.05) is 49.2 Å².